The van der Waals surface area contributed by atoms with Gasteiger partial charge in [0, 0.05) is 37.3 Å². The van der Waals surface area contributed by atoms with Crippen LogP contribution in [0.25, 0.3) is 10.2 Å². The molecule has 0 N–H and O–H groups in total. The fraction of sp³-hybridized carbons (Fsp3) is 0.364. The van der Waals surface area contributed by atoms with Gasteiger partial charge in [-0.25, -0.2) is 4.98 Å². The number of rotatable bonds is 7. The third-order valence-corrected chi connectivity index (χ3v) is 6.59. The Hall–Kier alpha value is -1.90. The predicted molar refractivity (Wildman–Crippen MR) is 128 cm³/mol. The Labute approximate surface area is 197 Å². The Kier molecular flexibility index (Phi) is 8.51. The van der Waals surface area contributed by atoms with Gasteiger partial charge in [-0.05, 0) is 23.8 Å². The highest BCUT2D eigenvalue weighted by Crippen LogP contribution is 2.31. The monoisotopic (exact) mass is 481 g/mol. The molecule has 1 fully saturated rings. The first-order chi connectivity index (χ1) is 14.6. The lowest BCUT2D eigenvalue weighted by Crippen LogP contribution is -2.43. The maximum atomic E-state index is 13.3. The molecule has 1 saturated heterocycles. The molecule has 0 saturated carbocycles. The van der Waals surface area contributed by atoms with Crippen molar-refractivity contribution in [2.24, 2.45) is 0 Å². The lowest BCUT2D eigenvalue weighted by molar-refractivity contribution is -0.118. The van der Waals surface area contributed by atoms with Crippen LogP contribution in [-0.4, -0.2) is 62.3 Å². The number of fused-ring (bicyclic) bond motifs is 1. The highest BCUT2D eigenvalue weighted by Gasteiger charge is 2.22. The van der Waals surface area contributed by atoms with E-state index >= 15 is 0 Å². The van der Waals surface area contributed by atoms with Gasteiger partial charge in [0.1, 0.15) is 5.75 Å². The number of nitrogens with zero attached hydrogens (tertiary/aromatic N) is 3. The van der Waals surface area contributed by atoms with Crippen molar-refractivity contribution in [3.8, 4) is 5.75 Å². The van der Waals surface area contributed by atoms with E-state index in [-0.39, 0.29) is 24.7 Å². The van der Waals surface area contributed by atoms with E-state index in [1.54, 1.807) is 12.0 Å². The molecular formula is C22H25Cl2N3O3S. The summed E-state index contributed by atoms with van der Waals surface area (Å²) in [6.07, 6.45) is 0.238. The molecule has 9 heteroatoms. The number of carbonyl (C=O) groups is 1. The smallest absolute Gasteiger partial charge is 0.233 e. The van der Waals surface area contributed by atoms with E-state index in [1.807, 2.05) is 42.5 Å². The van der Waals surface area contributed by atoms with Crippen LogP contribution in [0.5, 0.6) is 5.75 Å². The van der Waals surface area contributed by atoms with Crippen LogP contribution in [0.1, 0.15) is 5.56 Å². The lowest BCUT2D eigenvalue weighted by atomic mass is 10.1. The van der Waals surface area contributed by atoms with E-state index in [0.29, 0.717) is 16.7 Å². The quantitative estimate of drug-likeness (QED) is 0.503. The maximum absolute atomic E-state index is 13.3. The lowest BCUT2D eigenvalue weighted by Gasteiger charge is -2.29. The Morgan fingerprint density at radius 2 is 2.03 bits per heavy atom. The van der Waals surface area contributed by atoms with Crippen molar-refractivity contribution in [3.05, 3.63) is 53.1 Å². The molecule has 1 amide bonds. The zero-order valence-corrected chi connectivity index (χ0v) is 19.6. The first-order valence-corrected chi connectivity index (χ1v) is 11.1. The Balaban J connectivity index is 0.00000272. The van der Waals surface area contributed by atoms with Gasteiger partial charge in [0.05, 0.1) is 37.0 Å². The third kappa shape index (κ3) is 5.87. The second-order valence-electron chi connectivity index (χ2n) is 7.10. The summed E-state index contributed by atoms with van der Waals surface area (Å²) in [6.45, 7) is 4.56. The topological polar surface area (TPSA) is 54.9 Å². The number of thiazole rings is 1. The number of ether oxygens (including phenoxy) is 2. The largest absolute Gasteiger partial charge is 0.497 e. The van der Waals surface area contributed by atoms with Crippen LogP contribution in [0.3, 0.4) is 0 Å². The predicted octanol–water partition coefficient (Wildman–Crippen LogP) is 4.29. The highest BCUT2D eigenvalue weighted by molar-refractivity contribution is 7.22. The van der Waals surface area contributed by atoms with Crippen molar-refractivity contribution in [2.45, 2.75) is 6.42 Å². The van der Waals surface area contributed by atoms with Gasteiger partial charge in [-0.1, -0.05) is 41.1 Å². The van der Waals surface area contributed by atoms with Gasteiger partial charge in [0.25, 0.3) is 0 Å². The van der Waals surface area contributed by atoms with E-state index in [0.717, 1.165) is 54.4 Å². The molecule has 4 rings (SSSR count). The second kappa shape index (κ2) is 11.1. The Morgan fingerprint density at radius 3 is 2.77 bits per heavy atom. The molecule has 1 aromatic heterocycles. The van der Waals surface area contributed by atoms with Gasteiger partial charge in [-0.15, -0.1) is 12.4 Å². The normalized spacial score (nSPS) is 14.3. The summed E-state index contributed by atoms with van der Waals surface area (Å²) in [5, 5.41) is 1.30. The molecule has 1 aliphatic rings. The molecule has 31 heavy (non-hydrogen) atoms. The van der Waals surface area contributed by atoms with Crippen molar-refractivity contribution in [1.82, 2.24) is 9.88 Å². The van der Waals surface area contributed by atoms with Crippen molar-refractivity contribution in [1.29, 1.82) is 0 Å². The number of hydrogen-bond acceptors (Lipinski definition) is 6. The summed E-state index contributed by atoms with van der Waals surface area (Å²) in [7, 11) is 1.64. The van der Waals surface area contributed by atoms with E-state index in [2.05, 4.69) is 4.90 Å². The van der Waals surface area contributed by atoms with E-state index in [9.17, 15) is 4.79 Å². The maximum Gasteiger partial charge on any atom is 0.233 e. The molecule has 6 nitrogen and oxygen atoms in total. The summed E-state index contributed by atoms with van der Waals surface area (Å²) in [4.78, 5) is 22.1. The van der Waals surface area contributed by atoms with Crippen LogP contribution in [-0.2, 0) is 16.0 Å². The van der Waals surface area contributed by atoms with Crippen LogP contribution in [0.2, 0.25) is 5.02 Å². The number of halogens is 2. The summed E-state index contributed by atoms with van der Waals surface area (Å²) < 4.78 is 11.8. The number of morpholine rings is 1. The molecule has 0 atom stereocenters. The van der Waals surface area contributed by atoms with Crippen LogP contribution in [0.15, 0.2) is 42.5 Å². The van der Waals surface area contributed by atoms with Gasteiger partial charge in [-0.2, -0.15) is 0 Å². The number of benzene rings is 2. The molecular weight excluding hydrogens is 457 g/mol. The van der Waals surface area contributed by atoms with Crippen LogP contribution < -0.4 is 9.64 Å². The average Bonchev–Trinajstić information content (AvgIpc) is 3.19. The summed E-state index contributed by atoms with van der Waals surface area (Å²) in [5.41, 5.74) is 1.65. The Bertz CT molecular complexity index is 1020. The third-order valence-electron chi connectivity index (χ3n) is 5.16. The molecule has 0 bridgehead atoms. The molecule has 2 aromatic carbocycles. The zero-order valence-electron chi connectivity index (χ0n) is 17.3. The van der Waals surface area contributed by atoms with Crippen molar-refractivity contribution >= 4 is 56.6 Å². The molecule has 166 valence electrons. The number of amides is 1. The first-order valence-electron chi connectivity index (χ1n) is 9.92. The van der Waals surface area contributed by atoms with Gasteiger partial charge in [-0.3, -0.25) is 14.6 Å². The van der Waals surface area contributed by atoms with E-state index < -0.39 is 0 Å². The van der Waals surface area contributed by atoms with Gasteiger partial charge < -0.3 is 9.47 Å². The average molecular weight is 482 g/mol. The molecule has 2 heterocycles. The number of carbonyl (C=O) groups excluding carboxylic acids is 1. The van der Waals surface area contributed by atoms with Crippen LogP contribution in [0, 0.1) is 0 Å². The Morgan fingerprint density at radius 1 is 1.26 bits per heavy atom. The van der Waals surface area contributed by atoms with Crippen molar-refractivity contribution in [2.75, 3.05) is 51.4 Å². The molecule has 0 unspecified atom stereocenters. The molecule has 0 spiro atoms. The SMILES string of the molecule is COc1ccc2sc(N(CCN3CCOCC3)C(=O)Cc3ccccc3Cl)nc2c1.Cl. The standard InChI is InChI=1S/C22H24ClN3O3S.ClH/c1-28-17-6-7-20-19(15-17)24-22(30-20)26(9-8-25-10-12-29-13-11-25)21(27)14-16-4-2-3-5-18(16)23;/h2-7,15H,8-14H2,1H3;1H. The number of hydrogen-bond donors (Lipinski definition) is 0. The molecule has 3 aromatic rings. The summed E-state index contributed by atoms with van der Waals surface area (Å²) >= 11 is 7.81. The first kappa shape index (κ1) is 23.8. The number of anilines is 1. The van der Waals surface area contributed by atoms with E-state index in [1.165, 1.54) is 11.3 Å². The molecule has 1 aliphatic heterocycles. The summed E-state index contributed by atoms with van der Waals surface area (Å²) in [5.74, 6) is 0.740. The van der Waals surface area contributed by atoms with Crippen molar-refractivity contribution in [3.63, 3.8) is 0 Å². The molecule has 0 radical (unpaired) electrons. The number of aromatic nitrogens is 1. The minimum absolute atomic E-state index is 0. The molecule has 0 aliphatic carbocycles. The number of methoxy groups -OCH3 is 1. The van der Waals surface area contributed by atoms with E-state index in [4.69, 9.17) is 26.1 Å². The fourth-order valence-electron chi connectivity index (χ4n) is 3.43. The van der Waals surface area contributed by atoms with Gasteiger partial charge in [0.15, 0.2) is 5.13 Å². The second-order valence-corrected chi connectivity index (χ2v) is 8.51. The van der Waals surface area contributed by atoms with Crippen LogP contribution in [0.4, 0.5) is 5.13 Å². The van der Waals surface area contributed by atoms with Gasteiger partial charge >= 0.3 is 0 Å². The van der Waals surface area contributed by atoms with Crippen LogP contribution >= 0.6 is 35.3 Å². The minimum atomic E-state index is -0.0117. The van der Waals surface area contributed by atoms with Gasteiger partial charge in [0.2, 0.25) is 5.91 Å². The van der Waals surface area contributed by atoms with Crippen molar-refractivity contribution < 1.29 is 14.3 Å². The minimum Gasteiger partial charge on any atom is -0.497 e. The zero-order chi connectivity index (χ0) is 20.9. The summed E-state index contributed by atoms with van der Waals surface area (Å²) in [6, 6.07) is 13.3. The highest BCUT2D eigenvalue weighted by atomic mass is 35.5. The fourth-order valence-corrected chi connectivity index (χ4v) is 4.62.